The number of nitrogens with zero attached hydrogens (tertiary/aromatic N) is 7. The van der Waals surface area contributed by atoms with Crippen molar-refractivity contribution in [2.24, 2.45) is 0 Å². The van der Waals surface area contributed by atoms with Gasteiger partial charge in [0.15, 0.2) is 5.82 Å². The molecule has 2 aromatic rings. The van der Waals surface area contributed by atoms with Crippen molar-refractivity contribution in [2.45, 2.75) is 64.3 Å². The molecule has 218 valence electrons. The minimum Gasteiger partial charge on any atom is -0.477 e. The Kier molecular flexibility index (Phi) is 9.85. The van der Waals surface area contributed by atoms with Crippen molar-refractivity contribution in [1.82, 2.24) is 35.1 Å². The Morgan fingerprint density at radius 1 is 1.15 bits per heavy atom. The monoisotopic (exact) mass is 559 g/mol. The summed E-state index contributed by atoms with van der Waals surface area (Å²) in [6.45, 7) is 8.98. The van der Waals surface area contributed by atoms with Crippen molar-refractivity contribution in [3.05, 3.63) is 24.7 Å². The highest BCUT2D eigenvalue weighted by atomic mass is 19.1. The molecule has 0 saturated carbocycles. The number of anilines is 2. The van der Waals surface area contributed by atoms with Crippen molar-refractivity contribution < 1.29 is 23.5 Å². The van der Waals surface area contributed by atoms with Crippen LogP contribution < -0.4 is 25.0 Å². The first-order valence-electron chi connectivity index (χ1n) is 13.7. The van der Waals surface area contributed by atoms with Crippen molar-refractivity contribution in [1.29, 1.82) is 0 Å². The van der Waals surface area contributed by atoms with Crippen LogP contribution in [0.4, 0.5) is 25.7 Å². The number of urea groups is 1. The molecule has 2 aliphatic heterocycles. The van der Waals surface area contributed by atoms with Gasteiger partial charge in [-0.1, -0.05) is 6.92 Å². The number of alkyl halides is 1. The van der Waals surface area contributed by atoms with Gasteiger partial charge in [0, 0.05) is 51.0 Å². The van der Waals surface area contributed by atoms with Gasteiger partial charge in [-0.15, -0.1) is 0 Å². The third-order valence-electron chi connectivity index (χ3n) is 7.31. The number of nitrogens with one attached hydrogen (secondary N) is 2. The SMILES string of the molecule is CCOc1cnc(NC(=O)N(C)[C@H]2CN(c3nccc(OC(=O)N[C@H]4CCN(CC)[C@@H](C)C4)n3)CC[C@H]2F)cn1. The number of carbonyl (C=O) groups is 2. The first kappa shape index (κ1) is 29.2. The molecule has 2 saturated heterocycles. The summed E-state index contributed by atoms with van der Waals surface area (Å²) in [6.07, 6.45) is 4.34. The summed E-state index contributed by atoms with van der Waals surface area (Å²) in [6, 6.07) is 0.627. The van der Waals surface area contributed by atoms with Crippen LogP contribution in [0.1, 0.15) is 40.0 Å². The van der Waals surface area contributed by atoms with Gasteiger partial charge in [-0.3, -0.25) is 5.32 Å². The lowest BCUT2D eigenvalue weighted by Gasteiger charge is -2.39. The molecule has 4 heterocycles. The highest BCUT2D eigenvalue weighted by molar-refractivity contribution is 5.88. The molecule has 14 heteroatoms. The Hall–Kier alpha value is -3.81. The Morgan fingerprint density at radius 2 is 1.98 bits per heavy atom. The molecule has 0 bridgehead atoms. The maximum absolute atomic E-state index is 15.0. The first-order chi connectivity index (χ1) is 19.3. The largest absolute Gasteiger partial charge is 0.477 e. The fourth-order valence-electron chi connectivity index (χ4n) is 5.06. The zero-order valence-corrected chi connectivity index (χ0v) is 23.4. The van der Waals surface area contributed by atoms with Crippen LogP contribution in [0.25, 0.3) is 0 Å². The van der Waals surface area contributed by atoms with Crippen LogP contribution in [0.5, 0.6) is 11.8 Å². The molecule has 2 aliphatic rings. The van der Waals surface area contributed by atoms with E-state index in [2.05, 4.69) is 49.3 Å². The van der Waals surface area contributed by atoms with Gasteiger partial charge in [-0.05, 0) is 39.7 Å². The van der Waals surface area contributed by atoms with E-state index in [0.29, 0.717) is 31.0 Å². The predicted molar refractivity (Wildman–Crippen MR) is 146 cm³/mol. The number of likely N-dealkylation sites (N-methyl/N-ethyl adjacent to an activating group) is 1. The molecule has 4 atom stereocenters. The zero-order chi connectivity index (χ0) is 28.6. The van der Waals surface area contributed by atoms with Crippen LogP contribution in [0, 0.1) is 0 Å². The lowest BCUT2D eigenvalue weighted by molar-refractivity contribution is 0.133. The number of likely N-dealkylation sites (tertiary alicyclic amines) is 1. The topological polar surface area (TPSA) is 138 Å². The molecule has 3 amide bonds. The lowest BCUT2D eigenvalue weighted by Crippen LogP contribution is -2.55. The molecule has 0 unspecified atom stereocenters. The summed E-state index contributed by atoms with van der Waals surface area (Å²) in [5.41, 5.74) is 0. The standard InChI is InChI=1S/C26H38FN9O4/c1-5-35-11-8-18(13-17(35)3)31-26(38)40-22-7-10-28-24(33-22)36-12-9-19(27)20(16-36)34(4)25(37)32-21-14-30-23(15-29-21)39-6-2/h7,10,14-15,17-20H,5-6,8-9,11-13,16H2,1-4H3,(H,31,38)(H,29,32,37)/t17-,18-,19+,20-/m0/s1. The maximum atomic E-state index is 15.0. The Morgan fingerprint density at radius 3 is 2.67 bits per heavy atom. The molecule has 13 nitrogen and oxygen atoms in total. The molecule has 0 radical (unpaired) electrons. The van der Waals surface area contributed by atoms with Crippen LogP contribution in [0.3, 0.4) is 0 Å². The molecule has 2 N–H and O–H groups in total. The number of aromatic nitrogens is 4. The Bertz CT molecular complexity index is 1140. The van der Waals surface area contributed by atoms with Gasteiger partial charge in [0.2, 0.25) is 17.7 Å². The Balaban J connectivity index is 1.33. The van der Waals surface area contributed by atoms with Crippen LogP contribution in [-0.4, -0.2) is 106 Å². The van der Waals surface area contributed by atoms with Crippen LogP contribution in [0.15, 0.2) is 24.7 Å². The number of amides is 3. The highest BCUT2D eigenvalue weighted by Crippen LogP contribution is 2.24. The van der Waals surface area contributed by atoms with Gasteiger partial charge in [0.1, 0.15) is 6.17 Å². The molecular weight excluding hydrogens is 521 g/mol. The molecule has 2 fully saturated rings. The van der Waals surface area contributed by atoms with Gasteiger partial charge in [0.05, 0.1) is 25.0 Å². The lowest BCUT2D eigenvalue weighted by atomic mass is 9.98. The quantitative estimate of drug-likeness (QED) is 0.496. The highest BCUT2D eigenvalue weighted by Gasteiger charge is 2.35. The number of piperidine rings is 2. The second-order valence-corrected chi connectivity index (χ2v) is 9.96. The first-order valence-corrected chi connectivity index (χ1v) is 13.7. The molecule has 0 aromatic carbocycles. The number of halogens is 1. The molecule has 0 spiro atoms. The molecule has 2 aromatic heterocycles. The fourth-order valence-corrected chi connectivity index (χ4v) is 5.06. The van der Waals surface area contributed by atoms with E-state index in [4.69, 9.17) is 9.47 Å². The van der Waals surface area contributed by atoms with E-state index >= 15 is 0 Å². The maximum Gasteiger partial charge on any atom is 0.414 e. The van der Waals surface area contributed by atoms with Gasteiger partial charge < -0.3 is 29.5 Å². The minimum atomic E-state index is -1.25. The van der Waals surface area contributed by atoms with Crippen LogP contribution >= 0.6 is 0 Å². The van der Waals surface area contributed by atoms with E-state index in [9.17, 15) is 14.0 Å². The number of rotatable bonds is 8. The normalized spacial score (nSPS) is 23.3. The van der Waals surface area contributed by atoms with Crippen molar-refractivity contribution in [2.75, 3.05) is 50.1 Å². The summed E-state index contributed by atoms with van der Waals surface area (Å²) < 4.78 is 25.7. The number of hydrogen-bond acceptors (Lipinski definition) is 10. The molecule has 4 rings (SSSR count). The zero-order valence-electron chi connectivity index (χ0n) is 23.4. The van der Waals surface area contributed by atoms with E-state index in [1.807, 2.05) is 6.92 Å². The number of hydrogen-bond donors (Lipinski definition) is 2. The second kappa shape index (κ2) is 13.5. The number of carbonyl (C=O) groups excluding carboxylic acids is 2. The molecular formula is C26H38FN9O4. The van der Waals surface area contributed by atoms with Gasteiger partial charge in [-0.25, -0.2) is 28.9 Å². The summed E-state index contributed by atoms with van der Waals surface area (Å²) in [4.78, 5) is 47.7. The summed E-state index contributed by atoms with van der Waals surface area (Å²) in [5, 5.41) is 5.56. The molecule has 0 aliphatic carbocycles. The van der Waals surface area contributed by atoms with E-state index in [-0.39, 0.29) is 30.7 Å². The van der Waals surface area contributed by atoms with Gasteiger partial charge >= 0.3 is 12.1 Å². The number of ether oxygens (including phenoxy) is 2. The van der Waals surface area contributed by atoms with E-state index in [0.717, 1.165) is 25.9 Å². The summed E-state index contributed by atoms with van der Waals surface area (Å²) >= 11 is 0. The smallest absolute Gasteiger partial charge is 0.414 e. The van der Waals surface area contributed by atoms with Gasteiger partial charge in [-0.2, -0.15) is 4.98 Å². The second-order valence-electron chi connectivity index (χ2n) is 9.96. The summed E-state index contributed by atoms with van der Waals surface area (Å²) in [7, 11) is 1.52. The van der Waals surface area contributed by atoms with Crippen molar-refractivity contribution >= 4 is 23.9 Å². The van der Waals surface area contributed by atoms with E-state index < -0.39 is 24.3 Å². The average molecular weight is 560 g/mol. The van der Waals surface area contributed by atoms with E-state index in [1.54, 1.807) is 4.90 Å². The fraction of sp³-hybridized carbons (Fsp3) is 0.615. The average Bonchev–Trinajstić information content (AvgIpc) is 2.94. The van der Waals surface area contributed by atoms with Gasteiger partial charge in [0.25, 0.3) is 0 Å². The third kappa shape index (κ3) is 7.43. The van der Waals surface area contributed by atoms with E-state index in [1.165, 1.54) is 36.6 Å². The third-order valence-corrected chi connectivity index (χ3v) is 7.31. The Labute approximate surface area is 233 Å². The summed E-state index contributed by atoms with van der Waals surface area (Å²) in [5.74, 6) is 0.954. The van der Waals surface area contributed by atoms with Crippen LogP contribution in [-0.2, 0) is 0 Å². The van der Waals surface area contributed by atoms with Crippen molar-refractivity contribution in [3.8, 4) is 11.8 Å². The predicted octanol–water partition coefficient (Wildman–Crippen LogP) is 2.71. The molecule has 40 heavy (non-hydrogen) atoms. The van der Waals surface area contributed by atoms with Crippen molar-refractivity contribution in [3.63, 3.8) is 0 Å². The van der Waals surface area contributed by atoms with Crippen LogP contribution in [0.2, 0.25) is 0 Å². The minimum absolute atomic E-state index is 0.0335.